The number of aromatic nitrogens is 3. The smallest absolute Gasteiger partial charge is 0.137 e. The second kappa shape index (κ2) is 6.86. The monoisotopic (exact) mass is 293 g/mol. The van der Waals surface area contributed by atoms with Crippen LogP contribution < -0.4 is 0 Å². The lowest BCUT2D eigenvalue weighted by atomic mass is 9.77. The van der Waals surface area contributed by atoms with Crippen LogP contribution in [0.2, 0.25) is 5.02 Å². The third kappa shape index (κ3) is 3.38. The molecule has 4 nitrogen and oxygen atoms in total. The first-order chi connectivity index (χ1) is 9.70. The summed E-state index contributed by atoms with van der Waals surface area (Å²) >= 11 is 5.96. The van der Waals surface area contributed by atoms with E-state index in [1.165, 1.54) is 6.33 Å². The van der Waals surface area contributed by atoms with Gasteiger partial charge in [-0.15, -0.1) is 0 Å². The molecule has 0 bridgehead atoms. The number of unbranched alkanes of at least 4 members (excludes halogenated alkanes) is 1. The van der Waals surface area contributed by atoms with Gasteiger partial charge in [0.1, 0.15) is 12.7 Å². The number of nitrogens with zero attached hydrogens (tertiary/aromatic N) is 3. The first kappa shape index (κ1) is 15.0. The summed E-state index contributed by atoms with van der Waals surface area (Å²) in [5.74, 6) is 0. The molecule has 0 saturated carbocycles. The zero-order chi connectivity index (χ0) is 14.4. The highest BCUT2D eigenvalue weighted by atomic mass is 35.5. The first-order valence-electron chi connectivity index (χ1n) is 6.89. The van der Waals surface area contributed by atoms with Gasteiger partial charge in [-0.05, 0) is 24.1 Å². The molecule has 2 rings (SSSR count). The fourth-order valence-corrected chi connectivity index (χ4v) is 2.60. The molecule has 0 amide bonds. The Morgan fingerprint density at radius 1 is 1.30 bits per heavy atom. The molecule has 1 unspecified atom stereocenters. The molecule has 20 heavy (non-hydrogen) atoms. The third-order valence-electron chi connectivity index (χ3n) is 3.70. The first-order valence-corrected chi connectivity index (χ1v) is 7.27. The van der Waals surface area contributed by atoms with E-state index in [2.05, 4.69) is 17.0 Å². The van der Waals surface area contributed by atoms with E-state index in [4.69, 9.17) is 11.6 Å². The number of aliphatic hydroxyl groups is 1. The maximum Gasteiger partial charge on any atom is 0.137 e. The summed E-state index contributed by atoms with van der Waals surface area (Å²) in [4.78, 5) is 3.98. The zero-order valence-electron chi connectivity index (χ0n) is 11.7. The van der Waals surface area contributed by atoms with Gasteiger partial charge in [0.2, 0.25) is 0 Å². The lowest BCUT2D eigenvalue weighted by Crippen LogP contribution is -2.36. The molecular formula is C15H20ClN3O. The highest BCUT2D eigenvalue weighted by molar-refractivity contribution is 6.30. The highest BCUT2D eigenvalue weighted by Crippen LogP contribution is 2.32. The molecule has 1 aromatic heterocycles. The summed E-state index contributed by atoms with van der Waals surface area (Å²) < 4.78 is 1.78. The Morgan fingerprint density at radius 3 is 2.60 bits per heavy atom. The second-order valence-electron chi connectivity index (χ2n) is 5.14. The Labute approximate surface area is 124 Å². The van der Waals surface area contributed by atoms with Crippen LogP contribution in [0.3, 0.4) is 0 Å². The van der Waals surface area contributed by atoms with Gasteiger partial charge in [-0.1, -0.05) is 43.5 Å². The van der Waals surface area contributed by atoms with Crippen molar-refractivity contribution in [2.75, 3.05) is 6.61 Å². The summed E-state index contributed by atoms with van der Waals surface area (Å²) in [6, 6.07) is 7.72. The Hall–Kier alpha value is -1.39. The van der Waals surface area contributed by atoms with E-state index < -0.39 is 0 Å². The van der Waals surface area contributed by atoms with Crippen LogP contribution in [0.25, 0.3) is 0 Å². The van der Waals surface area contributed by atoms with Crippen LogP contribution >= 0.6 is 11.6 Å². The summed E-state index contributed by atoms with van der Waals surface area (Å²) in [5, 5.41) is 14.9. The molecule has 1 heterocycles. The summed E-state index contributed by atoms with van der Waals surface area (Å²) in [7, 11) is 0. The van der Waals surface area contributed by atoms with Gasteiger partial charge in [-0.3, -0.25) is 4.68 Å². The maximum atomic E-state index is 10.0. The van der Waals surface area contributed by atoms with Crippen molar-refractivity contribution in [2.45, 2.75) is 38.1 Å². The molecule has 1 atom stereocenters. The van der Waals surface area contributed by atoms with Crippen LogP contribution in [0.4, 0.5) is 0 Å². The Balaban J connectivity index is 2.32. The molecule has 0 spiro atoms. The fourth-order valence-electron chi connectivity index (χ4n) is 2.48. The van der Waals surface area contributed by atoms with E-state index in [0.29, 0.717) is 11.6 Å². The van der Waals surface area contributed by atoms with E-state index >= 15 is 0 Å². The van der Waals surface area contributed by atoms with Crippen LogP contribution in [-0.4, -0.2) is 26.5 Å². The highest BCUT2D eigenvalue weighted by Gasteiger charge is 2.32. The molecule has 0 aliphatic carbocycles. The third-order valence-corrected chi connectivity index (χ3v) is 3.95. The van der Waals surface area contributed by atoms with Gasteiger partial charge < -0.3 is 5.11 Å². The normalized spacial score (nSPS) is 14.2. The molecule has 0 aliphatic rings. The predicted octanol–water partition coefficient (Wildman–Crippen LogP) is 3.05. The number of rotatable bonds is 7. The van der Waals surface area contributed by atoms with Crippen LogP contribution in [-0.2, 0) is 12.0 Å². The number of aliphatic hydroxyl groups excluding tert-OH is 1. The standard InChI is InChI=1S/C15H20ClN3O/c1-2-3-8-15(10-20,9-19-12-17-11-18-19)13-4-6-14(16)7-5-13/h4-7,11-12,20H,2-3,8-10H2,1H3. The average Bonchev–Trinajstić information content (AvgIpc) is 2.97. The zero-order valence-corrected chi connectivity index (χ0v) is 12.4. The van der Waals surface area contributed by atoms with Crippen molar-refractivity contribution in [3.8, 4) is 0 Å². The molecule has 1 aromatic carbocycles. The molecule has 5 heteroatoms. The van der Waals surface area contributed by atoms with Crippen molar-refractivity contribution >= 4 is 11.6 Å². The molecule has 108 valence electrons. The van der Waals surface area contributed by atoms with Crippen molar-refractivity contribution in [3.05, 3.63) is 47.5 Å². The summed E-state index contributed by atoms with van der Waals surface area (Å²) in [5.41, 5.74) is 0.752. The maximum absolute atomic E-state index is 10.0. The van der Waals surface area contributed by atoms with E-state index in [9.17, 15) is 5.11 Å². The van der Waals surface area contributed by atoms with Gasteiger partial charge in [0, 0.05) is 10.4 Å². The van der Waals surface area contributed by atoms with Crippen molar-refractivity contribution in [2.24, 2.45) is 0 Å². The number of hydrogen-bond donors (Lipinski definition) is 1. The molecule has 0 radical (unpaired) electrons. The van der Waals surface area contributed by atoms with Gasteiger partial charge in [-0.2, -0.15) is 5.10 Å². The summed E-state index contributed by atoms with van der Waals surface area (Å²) in [6.45, 7) is 2.85. The Bertz CT molecular complexity index is 512. The minimum atomic E-state index is -0.339. The van der Waals surface area contributed by atoms with Gasteiger partial charge in [0.05, 0.1) is 13.2 Å². The molecule has 1 N–H and O–H groups in total. The Kier molecular flexibility index (Phi) is 5.15. The van der Waals surface area contributed by atoms with Crippen molar-refractivity contribution in [1.82, 2.24) is 14.8 Å². The molecule has 2 aromatic rings. The molecule has 0 fully saturated rings. The minimum Gasteiger partial charge on any atom is -0.395 e. The quantitative estimate of drug-likeness (QED) is 0.853. The van der Waals surface area contributed by atoms with E-state index in [-0.39, 0.29) is 12.0 Å². The van der Waals surface area contributed by atoms with Gasteiger partial charge in [-0.25, -0.2) is 4.98 Å². The predicted molar refractivity (Wildman–Crippen MR) is 79.8 cm³/mol. The van der Waals surface area contributed by atoms with Gasteiger partial charge in [0.25, 0.3) is 0 Å². The largest absolute Gasteiger partial charge is 0.395 e. The number of halogens is 1. The van der Waals surface area contributed by atoms with Crippen LogP contribution in [0.15, 0.2) is 36.9 Å². The number of hydrogen-bond acceptors (Lipinski definition) is 3. The fraction of sp³-hybridized carbons (Fsp3) is 0.467. The minimum absolute atomic E-state index is 0.0779. The lowest BCUT2D eigenvalue weighted by molar-refractivity contribution is 0.158. The van der Waals surface area contributed by atoms with Gasteiger partial charge >= 0.3 is 0 Å². The number of benzene rings is 1. The Morgan fingerprint density at radius 2 is 2.05 bits per heavy atom. The lowest BCUT2D eigenvalue weighted by Gasteiger charge is -2.32. The summed E-state index contributed by atoms with van der Waals surface area (Å²) in [6.07, 6.45) is 6.25. The molecular weight excluding hydrogens is 274 g/mol. The van der Waals surface area contributed by atoms with Crippen molar-refractivity contribution in [3.63, 3.8) is 0 Å². The van der Waals surface area contributed by atoms with Crippen LogP contribution in [0.1, 0.15) is 31.7 Å². The van der Waals surface area contributed by atoms with Crippen molar-refractivity contribution in [1.29, 1.82) is 0 Å². The van der Waals surface area contributed by atoms with E-state index in [1.54, 1.807) is 11.0 Å². The SMILES string of the molecule is CCCCC(CO)(Cn1cncn1)c1ccc(Cl)cc1. The van der Waals surface area contributed by atoms with Crippen LogP contribution in [0, 0.1) is 0 Å². The van der Waals surface area contributed by atoms with Crippen LogP contribution in [0.5, 0.6) is 0 Å². The van der Waals surface area contributed by atoms with Gasteiger partial charge in [0.15, 0.2) is 0 Å². The van der Waals surface area contributed by atoms with E-state index in [0.717, 1.165) is 24.8 Å². The van der Waals surface area contributed by atoms with E-state index in [1.807, 2.05) is 24.3 Å². The molecule has 0 aliphatic heterocycles. The molecule has 0 saturated heterocycles. The topological polar surface area (TPSA) is 50.9 Å². The average molecular weight is 294 g/mol. The second-order valence-corrected chi connectivity index (χ2v) is 5.58. The van der Waals surface area contributed by atoms with Crippen molar-refractivity contribution < 1.29 is 5.11 Å².